The lowest BCUT2D eigenvalue weighted by molar-refractivity contribution is 0.172. The lowest BCUT2D eigenvalue weighted by Crippen LogP contribution is -2.33. The van der Waals surface area contributed by atoms with Crippen LogP contribution in [0.4, 0.5) is 32.3 Å². The molecule has 0 bridgehead atoms. The van der Waals surface area contributed by atoms with Crippen LogP contribution in [0.25, 0.3) is 0 Å². The van der Waals surface area contributed by atoms with Crippen LogP contribution in [0.1, 0.15) is 27.2 Å². The summed E-state index contributed by atoms with van der Waals surface area (Å²) in [5.41, 5.74) is 0.748. The van der Waals surface area contributed by atoms with Gasteiger partial charge in [-0.25, -0.2) is 22.6 Å². The Morgan fingerprint density at radius 2 is 1.74 bits per heavy atom. The summed E-state index contributed by atoms with van der Waals surface area (Å²) in [4.78, 5) is 24.3. The predicted molar refractivity (Wildman–Crippen MR) is 146 cm³/mol. The average Bonchev–Trinajstić information content (AvgIpc) is 2.89. The van der Waals surface area contributed by atoms with E-state index in [0.717, 1.165) is 12.1 Å². The molecule has 204 valence electrons. The van der Waals surface area contributed by atoms with Crippen molar-refractivity contribution in [3.05, 3.63) is 60.5 Å². The van der Waals surface area contributed by atoms with E-state index in [4.69, 9.17) is 4.74 Å². The van der Waals surface area contributed by atoms with Gasteiger partial charge in [0.1, 0.15) is 17.3 Å². The highest BCUT2D eigenvalue weighted by Crippen LogP contribution is 2.33. The molecule has 0 fully saturated rings. The molecule has 1 aromatic heterocycles. The third-order valence-electron chi connectivity index (χ3n) is 5.57. The maximum Gasteiger partial charge on any atom is 0.414 e. The van der Waals surface area contributed by atoms with E-state index in [1.807, 2.05) is 25.7 Å². The fourth-order valence-corrected chi connectivity index (χ4v) is 5.12. The Kier molecular flexibility index (Phi) is 9.45. The van der Waals surface area contributed by atoms with Crippen molar-refractivity contribution >= 4 is 39.3 Å². The largest absolute Gasteiger partial charge is 0.414 e. The number of nitrogens with zero attached hydrogens (tertiary/aromatic N) is 5. The summed E-state index contributed by atoms with van der Waals surface area (Å²) in [5.74, 6) is 0.442. The molecule has 0 spiro atoms. The van der Waals surface area contributed by atoms with Crippen molar-refractivity contribution in [2.45, 2.75) is 32.1 Å². The highest BCUT2D eigenvalue weighted by molar-refractivity contribution is 7.92. The number of hydrogen-bond acceptors (Lipinski definition) is 8. The third kappa shape index (κ3) is 6.68. The molecule has 0 atom stereocenters. The van der Waals surface area contributed by atoms with Crippen molar-refractivity contribution in [2.75, 3.05) is 48.3 Å². The number of ether oxygens (including phenoxy) is 1. The Labute approximate surface area is 223 Å². The number of benzene rings is 2. The van der Waals surface area contributed by atoms with Gasteiger partial charge in [0.15, 0.2) is 5.82 Å². The number of rotatable bonds is 11. The Bertz CT molecular complexity index is 1350. The Morgan fingerprint density at radius 1 is 1.05 bits per heavy atom. The molecular weight excluding hydrogens is 511 g/mol. The Balaban J connectivity index is 2.10. The van der Waals surface area contributed by atoms with Gasteiger partial charge in [-0.15, -0.1) is 0 Å². The summed E-state index contributed by atoms with van der Waals surface area (Å²) in [5, 5.41) is 3.18. The van der Waals surface area contributed by atoms with Crippen molar-refractivity contribution < 1.29 is 22.3 Å². The van der Waals surface area contributed by atoms with Crippen LogP contribution in [-0.4, -0.2) is 63.1 Å². The second kappa shape index (κ2) is 12.5. The fraction of sp³-hybridized carbons (Fsp3) is 0.346. The van der Waals surface area contributed by atoms with E-state index >= 15 is 0 Å². The van der Waals surface area contributed by atoms with Crippen LogP contribution >= 0.6 is 0 Å². The van der Waals surface area contributed by atoms with E-state index in [1.165, 1.54) is 27.5 Å². The van der Waals surface area contributed by atoms with Crippen molar-refractivity contribution in [1.82, 2.24) is 14.9 Å². The van der Waals surface area contributed by atoms with E-state index < -0.39 is 21.9 Å². The number of aromatic nitrogens is 2. The molecule has 10 nitrogen and oxygen atoms in total. The second-order valence-corrected chi connectivity index (χ2v) is 10.4. The van der Waals surface area contributed by atoms with Gasteiger partial charge in [0.2, 0.25) is 5.95 Å². The summed E-state index contributed by atoms with van der Waals surface area (Å²) >= 11 is 0. The van der Waals surface area contributed by atoms with Crippen LogP contribution in [-0.2, 0) is 10.0 Å². The standard InChI is InChI=1S/C26H33FN6O4S/c1-6-16-33(38(35,36)22-14-12-19(27)13-15-22)23-18-28-25(32(7-2)8-3)30-24(23)29-20-10-9-11-21(17-20)37-26(34)31(4)5/h9-15,17-18H,6-8,16H2,1-5H3,(H,28,29,30). The first-order chi connectivity index (χ1) is 18.1. The minimum atomic E-state index is -4.07. The van der Waals surface area contributed by atoms with E-state index in [0.29, 0.717) is 36.9 Å². The number of carbonyl (C=O) groups is 1. The molecule has 2 aromatic carbocycles. The zero-order chi connectivity index (χ0) is 27.9. The summed E-state index contributed by atoms with van der Waals surface area (Å²) < 4.78 is 47.4. The molecule has 12 heteroatoms. The molecule has 3 rings (SSSR count). The van der Waals surface area contributed by atoms with Crippen molar-refractivity contribution in [3.63, 3.8) is 0 Å². The van der Waals surface area contributed by atoms with Gasteiger partial charge < -0.3 is 19.9 Å². The molecule has 0 radical (unpaired) electrons. The molecule has 0 aliphatic heterocycles. The van der Waals surface area contributed by atoms with Crippen LogP contribution in [0.3, 0.4) is 0 Å². The molecule has 1 N–H and O–H groups in total. The molecule has 0 aliphatic rings. The first-order valence-corrected chi connectivity index (χ1v) is 13.7. The minimum absolute atomic E-state index is 0.0521. The predicted octanol–water partition coefficient (Wildman–Crippen LogP) is 4.87. The molecule has 38 heavy (non-hydrogen) atoms. The molecule has 1 heterocycles. The number of carbonyl (C=O) groups excluding carboxylic acids is 1. The molecular formula is C26H33FN6O4S. The highest BCUT2D eigenvalue weighted by Gasteiger charge is 2.28. The number of hydrogen-bond donors (Lipinski definition) is 1. The average molecular weight is 545 g/mol. The monoisotopic (exact) mass is 544 g/mol. The van der Waals surface area contributed by atoms with E-state index in [-0.39, 0.29) is 22.9 Å². The van der Waals surface area contributed by atoms with Gasteiger partial charge in [-0.2, -0.15) is 4.98 Å². The van der Waals surface area contributed by atoms with E-state index in [9.17, 15) is 17.6 Å². The molecule has 0 aliphatic carbocycles. The smallest absolute Gasteiger partial charge is 0.410 e. The molecule has 3 aromatic rings. The maximum atomic E-state index is 13.7. The van der Waals surface area contributed by atoms with Crippen LogP contribution in [0, 0.1) is 5.82 Å². The normalized spacial score (nSPS) is 11.1. The number of amides is 1. The molecule has 0 saturated heterocycles. The SMILES string of the molecule is CCCN(c1cnc(N(CC)CC)nc1Nc1cccc(OC(=O)N(C)C)c1)S(=O)(=O)c1ccc(F)cc1. The zero-order valence-electron chi connectivity index (χ0n) is 22.2. The molecule has 1 amide bonds. The van der Waals surface area contributed by atoms with Crippen molar-refractivity contribution in [3.8, 4) is 5.75 Å². The Hall–Kier alpha value is -3.93. The number of sulfonamides is 1. The van der Waals surface area contributed by atoms with Crippen LogP contribution in [0.2, 0.25) is 0 Å². The summed E-state index contributed by atoms with van der Waals surface area (Å²) in [6, 6.07) is 11.4. The summed E-state index contributed by atoms with van der Waals surface area (Å²) in [6.07, 6.45) is 1.44. The van der Waals surface area contributed by atoms with Gasteiger partial charge in [0.05, 0.1) is 11.1 Å². The van der Waals surface area contributed by atoms with Crippen LogP contribution in [0.5, 0.6) is 5.75 Å². The van der Waals surface area contributed by atoms with Gasteiger partial charge in [-0.3, -0.25) is 4.31 Å². The van der Waals surface area contributed by atoms with Gasteiger partial charge in [-0.05, 0) is 56.7 Å². The summed E-state index contributed by atoms with van der Waals surface area (Å²) in [7, 11) is -0.908. The Morgan fingerprint density at radius 3 is 2.34 bits per heavy atom. The van der Waals surface area contributed by atoms with Crippen LogP contribution < -0.4 is 19.3 Å². The summed E-state index contributed by atoms with van der Waals surface area (Å²) in [6.45, 7) is 7.24. The number of nitrogens with one attached hydrogen (secondary N) is 1. The molecule has 0 unspecified atom stereocenters. The lowest BCUT2D eigenvalue weighted by Gasteiger charge is -2.27. The second-order valence-electron chi connectivity index (χ2n) is 8.52. The van der Waals surface area contributed by atoms with Crippen molar-refractivity contribution in [1.29, 1.82) is 0 Å². The zero-order valence-corrected chi connectivity index (χ0v) is 23.0. The van der Waals surface area contributed by atoms with Gasteiger partial charge in [0.25, 0.3) is 10.0 Å². The highest BCUT2D eigenvalue weighted by atomic mass is 32.2. The lowest BCUT2D eigenvalue weighted by atomic mass is 10.3. The van der Waals surface area contributed by atoms with Crippen molar-refractivity contribution in [2.24, 2.45) is 0 Å². The molecule has 0 saturated carbocycles. The first-order valence-electron chi connectivity index (χ1n) is 12.3. The van der Waals surface area contributed by atoms with Gasteiger partial charge in [0, 0.05) is 45.5 Å². The van der Waals surface area contributed by atoms with Gasteiger partial charge in [-0.1, -0.05) is 13.0 Å². The quantitative estimate of drug-likeness (QED) is 0.364. The van der Waals surface area contributed by atoms with E-state index in [2.05, 4.69) is 15.3 Å². The maximum absolute atomic E-state index is 13.7. The number of anilines is 4. The minimum Gasteiger partial charge on any atom is -0.410 e. The first kappa shape index (κ1) is 28.6. The number of halogens is 1. The third-order valence-corrected chi connectivity index (χ3v) is 7.39. The van der Waals surface area contributed by atoms with Crippen LogP contribution in [0.15, 0.2) is 59.6 Å². The topological polar surface area (TPSA) is 108 Å². The van der Waals surface area contributed by atoms with E-state index in [1.54, 1.807) is 38.4 Å². The fourth-order valence-electron chi connectivity index (χ4n) is 3.57. The van der Waals surface area contributed by atoms with Gasteiger partial charge >= 0.3 is 6.09 Å².